The highest BCUT2D eigenvalue weighted by molar-refractivity contribution is 6.29. The van der Waals surface area contributed by atoms with Crippen LogP contribution < -0.4 is 15.8 Å². The second-order valence-electron chi connectivity index (χ2n) is 9.75. The number of benzene rings is 1. The first-order valence-electron chi connectivity index (χ1n) is 12.6. The molecule has 0 aliphatic carbocycles. The molecule has 2 atom stereocenters. The lowest BCUT2D eigenvalue weighted by molar-refractivity contribution is 0.0494. The highest BCUT2D eigenvalue weighted by atomic mass is 35.5. The molecule has 3 aromatic rings. The van der Waals surface area contributed by atoms with Crippen LogP contribution in [0.25, 0.3) is 10.9 Å². The fraction of sp³-hybridized carbons (Fsp3) is 0.481. The van der Waals surface area contributed by atoms with Gasteiger partial charge in [0, 0.05) is 25.7 Å². The molecule has 36 heavy (non-hydrogen) atoms. The van der Waals surface area contributed by atoms with Gasteiger partial charge in [0.2, 0.25) is 5.95 Å². The number of hydrogen-bond donors (Lipinski definition) is 1. The molecular weight excluding hydrogens is 478 g/mol. The van der Waals surface area contributed by atoms with Gasteiger partial charge in [-0.2, -0.15) is 0 Å². The lowest BCUT2D eigenvalue weighted by Crippen LogP contribution is -2.30. The molecule has 1 aromatic carbocycles. The molecule has 9 heteroatoms. The number of rotatable bonds is 8. The summed E-state index contributed by atoms with van der Waals surface area (Å²) < 4.78 is 7.04. The van der Waals surface area contributed by atoms with Crippen molar-refractivity contribution in [1.29, 1.82) is 0 Å². The number of aromatic nitrogens is 3. The topological polar surface area (TPSA) is 89.3 Å². The van der Waals surface area contributed by atoms with E-state index < -0.39 is 5.97 Å². The maximum atomic E-state index is 13.4. The molecule has 2 aromatic heterocycles. The van der Waals surface area contributed by atoms with Crippen LogP contribution in [0.4, 0.5) is 11.6 Å². The van der Waals surface area contributed by atoms with Gasteiger partial charge in [0.1, 0.15) is 5.15 Å². The molecule has 0 saturated carbocycles. The zero-order valence-corrected chi connectivity index (χ0v) is 22.4. The number of esters is 1. The fourth-order valence-electron chi connectivity index (χ4n) is 4.67. The Morgan fingerprint density at radius 3 is 2.78 bits per heavy atom. The number of ether oxygens (including phenoxy) is 1. The van der Waals surface area contributed by atoms with Crippen molar-refractivity contribution in [1.82, 2.24) is 14.5 Å². The predicted octanol–water partition coefficient (Wildman–Crippen LogP) is 5.27. The molecule has 4 rings (SSSR count). The Morgan fingerprint density at radius 2 is 2.08 bits per heavy atom. The van der Waals surface area contributed by atoms with Crippen LogP contribution in [0.5, 0.6) is 0 Å². The van der Waals surface area contributed by atoms with Crippen LogP contribution >= 0.6 is 11.6 Å². The second kappa shape index (κ2) is 10.9. The van der Waals surface area contributed by atoms with Crippen molar-refractivity contribution in [3.63, 3.8) is 0 Å². The fourth-order valence-corrected chi connectivity index (χ4v) is 4.81. The largest absolute Gasteiger partial charge is 0.461 e. The number of unbranched alkanes of at least 4 members (excludes halogenated alkanes) is 1. The van der Waals surface area contributed by atoms with E-state index in [1.807, 2.05) is 32.9 Å². The maximum absolute atomic E-state index is 13.4. The molecule has 1 N–H and O–H groups in total. The standard InChI is InChI=1S/C27H34ClN5O3/c1-6-7-12-36-26(35)24-21(8-9-22(28)30-24)29-18(4)19-13-17(3)14-20-23(19)31-27(32(5)25(20)34)33-11-10-16(2)15-33/h8-9,13-14,16,18,29H,6-7,10-12,15H2,1-5H3. The van der Waals surface area contributed by atoms with Gasteiger partial charge in [-0.3, -0.25) is 9.36 Å². The summed E-state index contributed by atoms with van der Waals surface area (Å²) in [5.74, 6) is 0.721. The van der Waals surface area contributed by atoms with Gasteiger partial charge < -0.3 is 15.0 Å². The van der Waals surface area contributed by atoms with Gasteiger partial charge >= 0.3 is 5.97 Å². The van der Waals surface area contributed by atoms with E-state index in [1.54, 1.807) is 23.7 Å². The lowest BCUT2D eigenvalue weighted by atomic mass is 10.0. The molecule has 0 radical (unpaired) electrons. The smallest absolute Gasteiger partial charge is 0.359 e. The first-order chi connectivity index (χ1) is 17.2. The van der Waals surface area contributed by atoms with Gasteiger partial charge in [0.15, 0.2) is 5.69 Å². The Morgan fingerprint density at radius 1 is 1.31 bits per heavy atom. The minimum absolute atomic E-state index is 0.0694. The quantitative estimate of drug-likeness (QED) is 0.250. The van der Waals surface area contributed by atoms with E-state index in [4.69, 9.17) is 21.3 Å². The molecule has 1 fully saturated rings. The summed E-state index contributed by atoms with van der Waals surface area (Å²) in [6.45, 7) is 10.3. The number of halogens is 1. The number of aryl methyl sites for hydroxylation is 1. The molecule has 1 aliphatic rings. The summed E-state index contributed by atoms with van der Waals surface area (Å²) in [5.41, 5.74) is 3.07. The summed E-state index contributed by atoms with van der Waals surface area (Å²) in [4.78, 5) is 37.5. The van der Waals surface area contributed by atoms with Crippen molar-refractivity contribution < 1.29 is 9.53 Å². The molecule has 1 aliphatic heterocycles. The molecule has 8 nitrogen and oxygen atoms in total. The summed E-state index contributed by atoms with van der Waals surface area (Å²) in [7, 11) is 1.78. The Kier molecular flexibility index (Phi) is 7.83. The van der Waals surface area contributed by atoms with E-state index >= 15 is 0 Å². The number of carbonyl (C=O) groups excluding carboxylic acids is 1. The van der Waals surface area contributed by atoms with Crippen molar-refractivity contribution in [2.24, 2.45) is 13.0 Å². The summed E-state index contributed by atoms with van der Waals surface area (Å²) in [6.07, 6.45) is 2.77. The number of hydrogen-bond acceptors (Lipinski definition) is 7. The van der Waals surface area contributed by atoms with E-state index in [0.29, 0.717) is 35.1 Å². The highest BCUT2D eigenvalue weighted by Gasteiger charge is 2.25. The molecular formula is C27H34ClN5O3. The van der Waals surface area contributed by atoms with Crippen molar-refractivity contribution in [3.05, 3.63) is 56.6 Å². The highest BCUT2D eigenvalue weighted by Crippen LogP contribution is 2.30. The van der Waals surface area contributed by atoms with Crippen molar-refractivity contribution in [3.8, 4) is 0 Å². The van der Waals surface area contributed by atoms with Gasteiger partial charge in [0.05, 0.1) is 29.2 Å². The average molecular weight is 512 g/mol. The average Bonchev–Trinajstić information content (AvgIpc) is 3.28. The van der Waals surface area contributed by atoms with Crippen LogP contribution in [0.1, 0.15) is 67.7 Å². The van der Waals surface area contributed by atoms with Crippen molar-refractivity contribution in [2.45, 2.75) is 53.0 Å². The minimum atomic E-state index is -0.521. The normalized spacial score (nSPS) is 16.4. The van der Waals surface area contributed by atoms with Gasteiger partial charge in [0.25, 0.3) is 5.56 Å². The van der Waals surface area contributed by atoms with Crippen LogP contribution in [0.3, 0.4) is 0 Å². The predicted molar refractivity (Wildman–Crippen MR) is 144 cm³/mol. The van der Waals surface area contributed by atoms with Gasteiger partial charge in [-0.25, -0.2) is 14.8 Å². The number of carbonyl (C=O) groups is 1. The summed E-state index contributed by atoms with van der Waals surface area (Å²) >= 11 is 6.10. The Hall–Kier alpha value is -3.13. The SMILES string of the molecule is CCCCOC(=O)c1nc(Cl)ccc1NC(C)c1cc(C)cc2c(=O)n(C)c(N3CCC(C)C3)nc12. The molecule has 3 heterocycles. The molecule has 1 saturated heterocycles. The monoisotopic (exact) mass is 511 g/mol. The second-order valence-corrected chi connectivity index (χ2v) is 10.1. The van der Waals surface area contributed by atoms with Crippen LogP contribution in [0.15, 0.2) is 29.1 Å². The van der Waals surface area contributed by atoms with Crippen molar-refractivity contribution >= 4 is 40.1 Å². The Bertz CT molecular complexity index is 1340. The minimum Gasteiger partial charge on any atom is -0.461 e. The number of pyridine rings is 1. The Balaban J connectivity index is 1.74. The Labute approximate surface area is 216 Å². The third kappa shape index (κ3) is 5.33. The van der Waals surface area contributed by atoms with Gasteiger partial charge in [-0.05, 0) is 56.4 Å². The number of nitrogens with zero attached hydrogens (tertiary/aromatic N) is 4. The van der Waals surface area contributed by atoms with Crippen LogP contribution in [0, 0.1) is 12.8 Å². The van der Waals surface area contributed by atoms with Gasteiger partial charge in [-0.1, -0.05) is 37.9 Å². The van der Waals surface area contributed by atoms with E-state index in [9.17, 15) is 9.59 Å². The summed E-state index contributed by atoms with van der Waals surface area (Å²) in [6, 6.07) is 7.00. The zero-order valence-electron chi connectivity index (χ0n) is 21.6. The van der Waals surface area contributed by atoms with E-state index in [-0.39, 0.29) is 22.4 Å². The third-order valence-corrected chi connectivity index (χ3v) is 6.87. The number of nitrogens with one attached hydrogen (secondary N) is 1. The molecule has 0 bridgehead atoms. The third-order valence-electron chi connectivity index (χ3n) is 6.66. The summed E-state index contributed by atoms with van der Waals surface area (Å²) in [5, 5.41) is 4.18. The van der Waals surface area contributed by atoms with E-state index in [1.165, 1.54) is 0 Å². The zero-order chi connectivity index (χ0) is 26.0. The molecule has 0 spiro atoms. The van der Waals surface area contributed by atoms with Crippen LogP contribution in [-0.2, 0) is 11.8 Å². The molecule has 192 valence electrons. The van der Waals surface area contributed by atoms with Crippen molar-refractivity contribution in [2.75, 3.05) is 29.9 Å². The first kappa shape index (κ1) is 25.9. The maximum Gasteiger partial charge on any atom is 0.359 e. The molecule has 2 unspecified atom stereocenters. The van der Waals surface area contributed by atoms with E-state index in [2.05, 4.69) is 22.1 Å². The number of anilines is 2. The molecule has 0 amide bonds. The van der Waals surface area contributed by atoms with Gasteiger partial charge in [-0.15, -0.1) is 0 Å². The lowest BCUT2D eigenvalue weighted by Gasteiger charge is -2.23. The first-order valence-corrected chi connectivity index (χ1v) is 12.9. The number of fused-ring (bicyclic) bond motifs is 1. The van der Waals surface area contributed by atoms with Crippen LogP contribution in [0.2, 0.25) is 5.15 Å². The van der Waals surface area contributed by atoms with E-state index in [0.717, 1.165) is 43.5 Å². The van der Waals surface area contributed by atoms with Crippen LogP contribution in [-0.4, -0.2) is 40.2 Å².